The topological polar surface area (TPSA) is 64.7 Å². The van der Waals surface area contributed by atoms with Gasteiger partial charge in [0.25, 0.3) is 0 Å². The molecule has 0 aliphatic heterocycles. The first-order valence-corrected chi connectivity index (χ1v) is 19.0. The molecule has 10 aromatic rings. The quantitative estimate of drug-likeness (QED) is 0.177. The van der Waals surface area contributed by atoms with Crippen LogP contribution in [0.15, 0.2) is 174 Å². The fraction of sp³-hybridized carbons (Fsp3) is 0.0588. The molecule has 0 saturated heterocycles. The molecule has 0 N–H and O–H groups in total. The van der Waals surface area contributed by atoms with E-state index >= 15 is 0 Å². The molecule has 0 radical (unpaired) electrons. The first kappa shape index (κ1) is 32.2. The average Bonchev–Trinajstić information content (AvgIpc) is 3.80. The van der Waals surface area contributed by atoms with Crippen LogP contribution in [0.1, 0.15) is 25.0 Å². The molecule has 5 heteroatoms. The molecular weight excluding hydrogens is 685 g/mol. The SMILES string of the molecule is CC1(C)c2ccccc2-c2cc(-c3nc(-c4ccccc4)nc(-c4ccc(-c5cccc6ccc7nc(-c8ccccc8)oc7c56)c5ccccc45)n3)ccc21. The van der Waals surface area contributed by atoms with Crippen LogP contribution in [0.4, 0.5) is 0 Å². The van der Waals surface area contributed by atoms with Crippen LogP contribution >= 0.6 is 0 Å². The maximum absolute atomic E-state index is 6.57. The zero-order valence-electron chi connectivity index (χ0n) is 30.9. The van der Waals surface area contributed by atoms with Crippen LogP contribution in [0.25, 0.3) is 101 Å². The fourth-order valence-electron chi connectivity index (χ4n) is 8.61. The van der Waals surface area contributed by atoms with Crippen molar-refractivity contribution in [3.05, 3.63) is 181 Å². The molecule has 0 atom stereocenters. The largest absolute Gasteiger partial charge is 0.435 e. The van der Waals surface area contributed by atoms with Crippen molar-refractivity contribution in [2.75, 3.05) is 0 Å². The van der Waals surface area contributed by atoms with Crippen molar-refractivity contribution in [1.29, 1.82) is 0 Å². The highest BCUT2D eigenvalue weighted by Crippen LogP contribution is 2.49. The lowest BCUT2D eigenvalue weighted by atomic mass is 9.82. The van der Waals surface area contributed by atoms with E-state index in [-0.39, 0.29) is 5.41 Å². The van der Waals surface area contributed by atoms with E-state index in [9.17, 15) is 0 Å². The minimum Gasteiger partial charge on any atom is -0.435 e. The summed E-state index contributed by atoms with van der Waals surface area (Å²) < 4.78 is 6.57. The Labute approximate surface area is 324 Å². The third kappa shape index (κ3) is 5.01. The van der Waals surface area contributed by atoms with Crippen LogP contribution in [-0.2, 0) is 5.41 Å². The molecule has 5 nitrogen and oxygen atoms in total. The molecular formula is C51H34N4O. The highest BCUT2D eigenvalue weighted by atomic mass is 16.3. The normalized spacial score (nSPS) is 13.0. The zero-order chi connectivity index (χ0) is 37.4. The molecule has 56 heavy (non-hydrogen) atoms. The molecule has 2 aromatic heterocycles. The van der Waals surface area contributed by atoms with Crippen molar-refractivity contribution < 1.29 is 4.42 Å². The number of hydrogen-bond donors (Lipinski definition) is 0. The average molecular weight is 719 g/mol. The van der Waals surface area contributed by atoms with Crippen molar-refractivity contribution >= 4 is 32.6 Å². The van der Waals surface area contributed by atoms with Gasteiger partial charge in [0.05, 0.1) is 0 Å². The summed E-state index contributed by atoms with van der Waals surface area (Å²) in [4.78, 5) is 20.4. The molecule has 1 aliphatic carbocycles. The van der Waals surface area contributed by atoms with Crippen LogP contribution < -0.4 is 0 Å². The Bertz CT molecular complexity index is 3170. The minimum atomic E-state index is -0.0853. The Balaban J connectivity index is 1.10. The van der Waals surface area contributed by atoms with Crippen molar-refractivity contribution in [3.63, 3.8) is 0 Å². The minimum absolute atomic E-state index is 0.0853. The Morgan fingerprint density at radius 2 is 1.04 bits per heavy atom. The van der Waals surface area contributed by atoms with Gasteiger partial charge in [0.2, 0.25) is 5.89 Å². The Morgan fingerprint density at radius 3 is 1.84 bits per heavy atom. The summed E-state index contributed by atoms with van der Waals surface area (Å²) in [6.07, 6.45) is 0. The Hall–Kier alpha value is -7.24. The first-order valence-electron chi connectivity index (χ1n) is 19.0. The van der Waals surface area contributed by atoms with Crippen LogP contribution in [0.3, 0.4) is 0 Å². The van der Waals surface area contributed by atoms with E-state index in [4.69, 9.17) is 24.4 Å². The number of nitrogens with zero attached hydrogens (tertiary/aromatic N) is 4. The van der Waals surface area contributed by atoms with Crippen molar-refractivity contribution in [3.8, 4) is 67.9 Å². The highest BCUT2D eigenvalue weighted by molar-refractivity contribution is 6.15. The lowest BCUT2D eigenvalue weighted by molar-refractivity contribution is 0.623. The van der Waals surface area contributed by atoms with Gasteiger partial charge < -0.3 is 4.42 Å². The zero-order valence-corrected chi connectivity index (χ0v) is 30.9. The van der Waals surface area contributed by atoms with E-state index in [1.165, 1.54) is 22.3 Å². The lowest BCUT2D eigenvalue weighted by Crippen LogP contribution is -2.14. The summed E-state index contributed by atoms with van der Waals surface area (Å²) >= 11 is 0. The summed E-state index contributed by atoms with van der Waals surface area (Å²) in [5, 5.41) is 4.27. The second-order valence-electron chi connectivity index (χ2n) is 15.0. The van der Waals surface area contributed by atoms with E-state index in [1.807, 2.05) is 54.6 Å². The van der Waals surface area contributed by atoms with Crippen molar-refractivity contribution in [2.45, 2.75) is 19.3 Å². The molecule has 0 spiro atoms. The van der Waals surface area contributed by atoms with Gasteiger partial charge in [-0.3, -0.25) is 0 Å². The van der Waals surface area contributed by atoms with Gasteiger partial charge in [-0.2, -0.15) is 0 Å². The summed E-state index contributed by atoms with van der Waals surface area (Å²) in [7, 11) is 0. The predicted octanol–water partition coefficient (Wildman–Crippen LogP) is 13.0. The molecule has 0 bridgehead atoms. The second-order valence-corrected chi connectivity index (χ2v) is 15.0. The summed E-state index contributed by atoms with van der Waals surface area (Å²) in [6.45, 7) is 4.60. The summed E-state index contributed by atoms with van der Waals surface area (Å²) in [5.74, 6) is 2.51. The van der Waals surface area contributed by atoms with Crippen LogP contribution in [0.2, 0.25) is 0 Å². The standard InChI is InChI=1S/C51H34N4O/c1-51(2)42-23-12-11-21-38(42)41-30-34(24-28-43(41)51)48-53-47(32-14-5-3-6-15-32)54-49(55-48)40-27-26-37(35-19-9-10-20-36(35)40)39-22-13-18-31-25-29-44-46(45(31)39)56-50(52-44)33-16-7-4-8-17-33/h3-30H,1-2H3. The number of benzene rings is 8. The molecule has 264 valence electrons. The predicted molar refractivity (Wildman–Crippen MR) is 227 cm³/mol. The molecule has 1 aliphatic rings. The van der Waals surface area contributed by atoms with Gasteiger partial charge in [-0.1, -0.05) is 153 Å². The van der Waals surface area contributed by atoms with Gasteiger partial charge in [0.15, 0.2) is 23.1 Å². The van der Waals surface area contributed by atoms with Gasteiger partial charge in [0.1, 0.15) is 5.52 Å². The Kier molecular flexibility index (Phi) is 7.13. The van der Waals surface area contributed by atoms with Crippen molar-refractivity contribution in [2.24, 2.45) is 0 Å². The molecule has 0 unspecified atom stereocenters. The number of aromatic nitrogens is 4. The molecule has 11 rings (SSSR count). The molecule has 8 aromatic carbocycles. The number of oxazole rings is 1. The number of rotatable bonds is 5. The molecule has 0 amide bonds. The van der Waals surface area contributed by atoms with E-state index in [0.29, 0.717) is 23.4 Å². The summed E-state index contributed by atoms with van der Waals surface area (Å²) in [6, 6.07) is 59.1. The smallest absolute Gasteiger partial charge is 0.227 e. The van der Waals surface area contributed by atoms with Gasteiger partial charge >= 0.3 is 0 Å². The molecule has 0 saturated carbocycles. The lowest BCUT2D eigenvalue weighted by Gasteiger charge is -2.21. The van der Waals surface area contributed by atoms with E-state index in [2.05, 4.69) is 129 Å². The maximum atomic E-state index is 6.57. The monoisotopic (exact) mass is 718 g/mol. The van der Waals surface area contributed by atoms with Gasteiger partial charge in [-0.25, -0.2) is 19.9 Å². The third-order valence-electron chi connectivity index (χ3n) is 11.4. The van der Waals surface area contributed by atoms with E-state index < -0.39 is 0 Å². The van der Waals surface area contributed by atoms with Gasteiger partial charge in [-0.15, -0.1) is 0 Å². The van der Waals surface area contributed by atoms with Gasteiger partial charge in [0, 0.05) is 33.1 Å². The fourth-order valence-corrected chi connectivity index (χ4v) is 8.61. The molecule has 2 heterocycles. The van der Waals surface area contributed by atoms with Crippen LogP contribution in [0.5, 0.6) is 0 Å². The number of fused-ring (bicyclic) bond motifs is 7. The van der Waals surface area contributed by atoms with Crippen LogP contribution in [0, 0.1) is 0 Å². The Morgan fingerprint density at radius 1 is 0.411 bits per heavy atom. The molecule has 0 fully saturated rings. The number of hydrogen-bond acceptors (Lipinski definition) is 5. The van der Waals surface area contributed by atoms with E-state index in [1.54, 1.807) is 0 Å². The maximum Gasteiger partial charge on any atom is 0.227 e. The second kappa shape index (κ2) is 12.4. The van der Waals surface area contributed by atoms with Crippen LogP contribution in [-0.4, -0.2) is 19.9 Å². The third-order valence-corrected chi connectivity index (χ3v) is 11.4. The van der Waals surface area contributed by atoms with Crippen molar-refractivity contribution in [1.82, 2.24) is 19.9 Å². The van der Waals surface area contributed by atoms with Gasteiger partial charge in [-0.05, 0) is 79.9 Å². The highest BCUT2D eigenvalue weighted by Gasteiger charge is 2.35. The first-order chi connectivity index (χ1) is 27.5. The van der Waals surface area contributed by atoms with E-state index in [0.717, 1.165) is 66.0 Å². The summed E-state index contributed by atoms with van der Waals surface area (Å²) in [5.41, 5.74) is 12.6.